The van der Waals surface area contributed by atoms with Crippen molar-refractivity contribution in [1.29, 1.82) is 0 Å². The second-order valence-electron chi connectivity index (χ2n) is 7.26. The third-order valence-electron chi connectivity index (χ3n) is 5.78. The fraction of sp³-hybridized carbons (Fsp3) is 0.300. The van der Waals surface area contributed by atoms with E-state index in [1.807, 2.05) is 24.3 Å². The van der Waals surface area contributed by atoms with Crippen LogP contribution in [-0.2, 0) is 9.59 Å². The number of rotatable bonds is 2. The predicted octanol–water partition coefficient (Wildman–Crippen LogP) is 4.18. The summed E-state index contributed by atoms with van der Waals surface area (Å²) >= 11 is 18.2. The van der Waals surface area contributed by atoms with Gasteiger partial charge in [-0.15, -0.1) is 0 Å². The first-order chi connectivity index (χ1) is 13.5. The zero-order chi connectivity index (χ0) is 19.6. The average Bonchev–Trinajstić information content (AvgIpc) is 3.31. The van der Waals surface area contributed by atoms with E-state index in [0.717, 1.165) is 25.1 Å². The molecular formula is C20H16Cl3N3O2. The topological polar surface area (TPSA) is 43.9 Å². The molecule has 3 aliphatic heterocycles. The maximum Gasteiger partial charge on any atom is 0.253 e. The van der Waals surface area contributed by atoms with E-state index in [2.05, 4.69) is 10.0 Å². The van der Waals surface area contributed by atoms with Crippen LogP contribution < -0.4 is 4.90 Å². The Hall–Kier alpha value is -1.63. The standard InChI is InChI=1S/C20H16Cl3N3O2/c21-12-4-2-11(3-5-12)17-16-18(25-9-1-8-24(17)25)20(28)26(19(16)27)13-6-7-14(22)15(23)10-13/h2-7,10,16-18H,1,8-9H2/t16-,17+,18+/m1/s1. The van der Waals surface area contributed by atoms with E-state index in [9.17, 15) is 9.59 Å². The number of hydrogen-bond acceptors (Lipinski definition) is 4. The number of carbonyl (C=O) groups excluding carboxylic acids is 2. The van der Waals surface area contributed by atoms with E-state index in [1.165, 1.54) is 4.90 Å². The van der Waals surface area contributed by atoms with Gasteiger partial charge in [-0.3, -0.25) is 9.59 Å². The molecule has 0 spiro atoms. The molecule has 0 aliphatic carbocycles. The molecule has 0 radical (unpaired) electrons. The van der Waals surface area contributed by atoms with Gasteiger partial charge in [0.2, 0.25) is 5.91 Å². The number of hydrogen-bond donors (Lipinski definition) is 0. The van der Waals surface area contributed by atoms with E-state index in [1.54, 1.807) is 18.2 Å². The van der Waals surface area contributed by atoms with Gasteiger partial charge in [0, 0.05) is 18.1 Å². The van der Waals surface area contributed by atoms with Gasteiger partial charge >= 0.3 is 0 Å². The van der Waals surface area contributed by atoms with Crippen LogP contribution in [-0.4, -0.2) is 41.0 Å². The van der Waals surface area contributed by atoms with Crippen molar-refractivity contribution in [3.8, 4) is 0 Å². The number of carbonyl (C=O) groups is 2. The molecular weight excluding hydrogens is 421 g/mol. The third-order valence-corrected chi connectivity index (χ3v) is 6.77. The summed E-state index contributed by atoms with van der Waals surface area (Å²) in [6, 6.07) is 11.7. The minimum absolute atomic E-state index is 0.186. The van der Waals surface area contributed by atoms with Gasteiger partial charge in [0.15, 0.2) is 0 Å². The number of hydrazine groups is 1. The molecule has 5 rings (SSSR count). The molecule has 2 amide bonds. The lowest BCUT2D eigenvalue weighted by Crippen LogP contribution is -2.44. The second-order valence-corrected chi connectivity index (χ2v) is 8.51. The highest BCUT2D eigenvalue weighted by Gasteiger charge is 2.62. The van der Waals surface area contributed by atoms with E-state index in [4.69, 9.17) is 34.8 Å². The van der Waals surface area contributed by atoms with Crippen molar-refractivity contribution in [3.05, 3.63) is 63.1 Å². The first-order valence-corrected chi connectivity index (χ1v) is 10.2. The SMILES string of the molecule is O=C1[C@H]2[C@@H](C(=O)N1c1ccc(Cl)c(Cl)c1)N1CCCN1[C@H]2c1ccc(Cl)cc1. The Bertz CT molecular complexity index is 981. The van der Waals surface area contributed by atoms with Gasteiger partial charge in [0.25, 0.3) is 5.91 Å². The normalized spacial score (nSPS) is 27.5. The number of imide groups is 1. The lowest BCUT2D eigenvalue weighted by Gasteiger charge is -2.29. The zero-order valence-electron chi connectivity index (χ0n) is 14.7. The monoisotopic (exact) mass is 435 g/mol. The molecule has 8 heteroatoms. The Kier molecular flexibility index (Phi) is 4.41. The Morgan fingerprint density at radius 2 is 1.46 bits per heavy atom. The number of amides is 2. The van der Waals surface area contributed by atoms with Crippen molar-refractivity contribution in [2.75, 3.05) is 18.0 Å². The maximum absolute atomic E-state index is 13.4. The van der Waals surface area contributed by atoms with Crippen LogP contribution in [0.2, 0.25) is 15.1 Å². The summed E-state index contributed by atoms with van der Waals surface area (Å²) in [6.07, 6.45) is 0.960. The number of fused-ring (bicyclic) bond motifs is 3. The number of halogens is 3. The number of nitrogens with zero attached hydrogens (tertiary/aromatic N) is 3. The van der Waals surface area contributed by atoms with Gasteiger partial charge in [0.05, 0.1) is 27.7 Å². The summed E-state index contributed by atoms with van der Waals surface area (Å²) in [5.74, 6) is -0.886. The lowest BCUT2D eigenvalue weighted by molar-refractivity contribution is -0.126. The summed E-state index contributed by atoms with van der Waals surface area (Å²) in [5, 5.41) is 5.56. The van der Waals surface area contributed by atoms with Gasteiger partial charge in [-0.25, -0.2) is 14.9 Å². The predicted molar refractivity (Wildman–Crippen MR) is 108 cm³/mol. The van der Waals surface area contributed by atoms with Gasteiger partial charge in [-0.05, 0) is 42.3 Å². The Labute approximate surface area is 177 Å². The summed E-state index contributed by atoms with van der Waals surface area (Å²) in [6.45, 7) is 1.59. The largest absolute Gasteiger partial charge is 0.274 e. The zero-order valence-corrected chi connectivity index (χ0v) is 17.0. The van der Waals surface area contributed by atoms with Gasteiger partial charge in [0.1, 0.15) is 6.04 Å². The van der Waals surface area contributed by atoms with Crippen LogP contribution in [0.25, 0.3) is 0 Å². The average molecular weight is 437 g/mol. The smallest absolute Gasteiger partial charge is 0.253 e. The molecule has 0 bridgehead atoms. The molecule has 2 aromatic rings. The highest BCUT2D eigenvalue weighted by atomic mass is 35.5. The minimum Gasteiger partial charge on any atom is -0.274 e. The quantitative estimate of drug-likeness (QED) is 0.663. The van der Waals surface area contributed by atoms with Crippen LogP contribution in [0.4, 0.5) is 5.69 Å². The first kappa shape index (κ1) is 18.4. The highest BCUT2D eigenvalue weighted by molar-refractivity contribution is 6.42. The maximum atomic E-state index is 13.4. The molecule has 3 saturated heterocycles. The first-order valence-electron chi connectivity index (χ1n) is 9.09. The van der Waals surface area contributed by atoms with Crippen LogP contribution in [0, 0.1) is 5.92 Å². The summed E-state index contributed by atoms with van der Waals surface area (Å²) in [5.41, 5.74) is 1.44. The molecule has 144 valence electrons. The lowest BCUT2D eigenvalue weighted by atomic mass is 9.90. The molecule has 0 aromatic heterocycles. The fourth-order valence-corrected chi connectivity index (χ4v) is 5.07. The van der Waals surface area contributed by atoms with Crippen LogP contribution in [0.5, 0.6) is 0 Å². The highest BCUT2D eigenvalue weighted by Crippen LogP contribution is 2.49. The van der Waals surface area contributed by atoms with Gasteiger partial charge in [-0.1, -0.05) is 46.9 Å². The van der Waals surface area contributed by atoms with Gasteiger partial charge in [-0.2, -0.15) is 0 Å². The molecule has 3 heterocycles. The molecule has 0 unspecified atom stereocenters. The van der Waals surface area contributed by atoms with Crippen molar-refractivity contribution in [2.24, 2.45) is 5.92 Å². The van der Waals surface area contributed by atoms with Crippen molar-refractivity contribution < 1.29 is 9.59 Å². The molecule has 0 N–H and O–H groups in total. The van der Waals surface area contributed by atoms with Crippen LogP contribution >= 0.6 is 34.8 Å². The fourth-order valence-electron chi connectivity index (χ4n) is 4.65. The van der Waals surface area contributed by atoms with Crippen molar-refractivity contribution in [3.63, 3.8) is 0 Å². The van der Waals surface area contributed by atoms with E-state index in [-0.39, 0.29) is 17.9 Å². The number of benzene rings is 2. The number of anilines is 1. The van der Waals surface area contributed by atoms with E-state index < -0.39 is 12.0 Å². The third kappa shape index (κ3) is 2.61. The van der Waals surface area contributed by atoms with E-state index >= 15 is 0 Å². The minimum atomic E-state index is -0.495. The second kappa shape index (κ2) is 6.71. The molecule has 0 saturated carbocycles. The van der Waals surface area contributed by atoms with Crippen LogP contribution in [0.1, 0.15) is 18.0 Å². The molecule has 28 heavy (non-hydrogen) atoms. The molecule has 3 aliphatic rings. The molecule has 3 atom stereocenters. The molecule has 3 fully saturated rings. The summed E-state index contributed by atoms with van der Waals surface area (Å²) in [7, 11) is 0. The van der Waals surface area contributed by atoms with Gasteiger partial charge < -0.3 is 0 Å². The Morgan fingerprint density at radius 1 is 0.786 bits per heavy atom. The van der Waals surface area contributed by atoms with Crippen LogP contribution in [0.3, 0.4) is 0 Å². The van der Waals surface area contributed by atoms with E-state index in [0.29, 0.717) is 20.8 Å². The molecule has 5 nitrogen and oxygen atoms in total. The summed E-state index contributed by atoms with van der Waals surface area (Å²) in [4.78, 5) is 28.0. The van der Waals surface area contributed by atoms with Crippen molar-refractivity contribution in [1.82, 2.24) is 10.0 Å². The van der Waals surface area contributed by atoms with Crippen LogP contribution in [0.15, 0.2) is 42.5 Å². The Balaban J connectivity index is 1.58. The van der Waals surface area contributed by atoms with Crippen molar-refractivity contribution in [2.45, 2.75) is 18.5 Å². The Morgan fingerprint density at radius 3 is 2.14 bits per heavy atom. The summed E-state index contributed by atoms with van der Waals surface area (Å²) < 4.78 is 0. The van der Waals surface area contributed by atoms with Crippen molar-refractivity contribution >= 4 is 52.3 Å². The molecule has 2 aromatic carbocycles.